The molecule has 26 heavy (non-hydrogen) atoms. The zero-order chi connectivity index (χ0) is 18.8. The molecule has 0 bridgehead atoms. The Hall–Kier alpha value is -2.21. The fourth-order valence-corrected chi connectivity index (χ4v) is 3.58. The van der Waals surface area contributed by atoms with Crippen molar-refractivity contribution in [2.24, 2.45) is 5.92 Å². The van der Waals surface area contributed by atoms with E-state index in [1.807, 2.05) is 6.92 Å². The van der Waals surface area contributed by atoms with Gasteiger partial charge >= 0.3 is 0 Å². The highest BCUT2D eigenvalue weighted by Crippen LogP contribution is 2.26. The first kappa shape index (κ1) is 18.6. The standard InChI is InChI=1S/C20H26N2O4/c1-4-17(12(2)3)21-18(23)13-7-8-15-16(10-13)20(25)22(19(15)24)11-14-6-5-9-26-14/h7-8,10,12,14,17H,4-6,9,11H2,1-3H3,(H,21,23). The number of nitrogens with one attached hydrogen (secondary N) is 1. The Morgan fingerprint density at radius 2 is 2.00 bits per heavy atom. The largest absolute Gasteiger partial charge is 0.376 e. The number of imide groups is 1. The second-order valence-electron chi connectivity index (χ2n) is 7.35. The van der Waals surface area contributed by atoms with E-state index in [9.17, 15) is 14.4 Å². The summed E-state index contributed by atoms with van der Waals surface area (Å²) in [6.07, 6.45) is 2.55. The molecule has 2 aliphatic heterocycles. The number of carbonyl (C=O) groups excluding carboxylic acids is 3. The van der Waals surface area contributed by atoms with Crippen molar-refractivity contribution < 1.29 is 19.1 Å². The van der Waals surface area contributed by atoms with Gasteiger partial charge in [-0.05, 0) is 43.4 Å². The molecule has 6 heteroatoms. The Kier molecular flexibility index (Phi) is 5.41. The van der Waals surface area contributed by atoms with Crippen LogP contribution < -0.4 is 5.32 Å². The van der Waals surface area contributed by atoms with E-state index < -0.39 is 0 Å². The highest BCUT2D eigenvalue weighted by Gasteiger charge is 2.38. The minimum absolute atomic E-state index is 0.0732. The van der Waals surface area contributed by atoms with Crippen LogP contribution in [0.25, 0.3) is 0 Å². The molecule has 6 nitrogen and oxygen atoms in total. The van der Waals surface area contributed by atoms with Crippen molar-refractivity contribution in [1.82, 2.24) is 10.2 Å². The maximum atomic E-state index is 12.7. The zero-order valence-corrected chi connectivity index (χ0v) is 15.6. The Morgan fingerprint density at radius 1 is 1.27 bits per heavy atom. The van der Waals surface area contributed by atoms with Crippen molar-refractivity contribution in [3.63, 3.8) is 0 Å². The van der Waals surface area contributed by atoms with Crippen LogP contribution >= 0.6 is 0 Å². The lowest BCUT2D eigenvalue weighted by molar-refractivity contribution is 0.0475. The first-order chi connectivity index (χ1) is 12.4. The molecule has 1 aromatic rings. The predicted molar refractivity (Wildman–Crippen MR) is 97.2 cm³/mol. The quantitative estimate of drug-likeness (QED) is 0.793. The molecular formula is C20H26N2O4. The molecule has 0 saturated carbocycles. The summed E-state index contributed by atoms with van der Waals surface area (Å²) in [5, 5.41) is 3.00. The van der Waals surface area contributed by atoms with Crippen LogP contribution in [0.15, 0.2) is 18.2 Å². The topological polar surface area (TPSA) is 75.7 Å². The van der Waals surface area contributed by atoms with Gasteiger partial charge in [0.05, 0.1) is 23.8 Å². The van der Waals surface area contributed by atoms with Gasteiger partial charge in [-0.25, -0.2) is 0 Å². The first-order valence-electron chi connectivity index (χ1n) is 9.35. The smallest absolute Gasteiger partial charge is 0.261 e. The van der Waals surface area contributed by atoms with Gasteiger partial charge in [0, 0.05) is 18.2 Å². The summed E-state index contributed by atoms with van der Waals surface area (Å²) < 4.78 is 5.54. The van der Waals surface area contributed by atoms with Crippen LogP contribution in [0.4, 0.5) is 0 Å². The van der Waals surface area contributed by atoms with Crippen LogP contribution in [-0.4, -0.2) is 47.9 Å². The lowest BCUT2D eigenvalue weighted by Crippen LogP contribution is -2.38. The average molecular weight is 358 g/mol. The van der Waals surface area contributed by atoms with Crippen LogP contribution in [0.2, 0.25) is 0 Å². The molecule has 1 saturated heterocycles. The minimum Gasteiger partial charge on any atom is -0.376 e. The Balaban J connectivity index is 1.77. The summed E-state index contributed by atoms with van der Waals surface area (Å²) in [4.78, 5) is 39.0. The maximum Gasteiger partial charge on any atom is 0.261 e. The molecule has 1 fully saturated rings. The molecule has 0 aliphatic carbocycles. The fourth-order valence-electron chi connectivity index (χ4n) is 3.58. The van der Waals surface area contributed by atoms with Crippen LogP contribution in [0, 0.1) is 5.92 Å². The van der Waals surface area contributed by atoms with Gasteiger partial charge in [-0.15, -0.1) is 0 Å². The van der Waals surface area contributed by atoms with Crippen molar-refractivity contribution in [2.45, 2.75) is 52.2 Å². The highest BCUT2D eigenvalue weighted by molar-refractivity contribution is 6.22. The molecule has 3 rings (SSSR count). The van der Waals surface area contributed by atoms with Crippen molar-refractivity contribution in [1.29, 1.82) is 0 Å². The van der Waals surface area contributed by atoms with E-state index in [2.05, 4.69) is 19.2 Å². The molecule has 140 valence electrons. The number of benzene rings is 1. The third-order valence-corrected chi connectivity index (χ3v) is 5.20. The van der Waals surface area contributed by atoms with Crippen molar-refractivity contribution in [3.05, 3.63) is 34.9 Å². The van der Waals surface area contributed by atoms with E-state index in [0.29, 0.717) is 29.2 Å². The number of hydrogen-bond donors (Lipinski definition) is 1. The molecule has 1 aromatic carbocycles. The second-order valence-corrected chi connectivity index (χ2v) is 7.35. The number of hydrogen-bond acceptors (Lipinski definition) is 4. The Bertz CT molecular complexity index is 723. The summed E-state index contributed by atoms with van der Waals surface area (Å²) in [6, 6.07) is 4.80. The van der Waals surface area contributed by atoms with Gasteiger partial charge in [0.15, 0.2) is 0 Å². The van der Waals surface area contributed by atoms with E-state index in [0.717, 1.165) is 19.3 Å². The third-order valence-electron chi connectivity index (χ3n) is 5.20. The van der Waals surface area contributed by atoms with E-state index in [4.69, 9.17) is 4.74 Å². The maximum absolute atomic E-state index is 12.7. The van der Waals surface area contributed by atoms with Gasteiger partial charge in [-0.3, -0.25) is 19.3 Å². The molecule has 2 aliphatic rings. The molecule has 0 radical (unpaired) electrons. The Morgan fingerprint density at radius 3 is 2.62 bits per heavy atom. The average Bonchev–Trinajstić information content (AvgIpc) is 3.22. The normalized spacial score (nSPS) is 20.6. The second kappa shape index (κ2) is 7.58. The van der Waals surface area contributed by atoms with Gasteiger partial charge in [-0.2, -0.15) is 0 Å². The van der Waals surface area contributed by atoms with E-state index in [1.165, 1.54) is 11.0 Å². The first-order valence-corrected chi connectivity index (χ1v) is 9.35. The predicted octanol–water partition coefficient (Wildman–Crippen LogP) is 2.63. The fraction of sp³-hybridized carbons (Fsp3) is 0.550. The van der Waals surface area contributed by atoms with Gasteiger partial charge in [0.1, 0.15) is 0 Å². The van der Waals surface area contributed by atoms with Gasteiger partial charge in [0.2, 0.25) is 0 Å². The number of amides is 3. The van der Waals surface area contributed by atoms with E-state index in [-0.39, 0.29) is 36.4 Å². The number of rotatable bonds is 6. The van der Waals surface area contributed by atoms with Crippen LogP contribution in [0.1, 0.15) is 71.1 Å². The summed E-state index contributed by atoms with van der Waals surface area (Å²) >= 11 is 0. The van der Waals surface area contributed by atoms with Crippen molar-refractivity contribution >= 4 is 17.7 Å². The number of fused-ring (bicyclic) bond motifs is 1. The molecule has 1 N–H and O–H groups in total. The summed E-state index contributed by atoms with van der Waals surface area (Å²) in [7, 11) is 0. The summed E-state index contributed by atoms with van der Waals surface area (Å²) in [5.74, 6) is -0.540. The molecule has 2 heterocycles. The van der Waals surface area contributed by atoms with Crippen molar-refractivity contribution in [3.8, 4) is 0 Å². The van der Waals surface area contributed by atoms with Gasteiger partial charge in [-0.1, -0.05) is 20.8 Å². The number of nitrogens with zero attached hydrogens (tertiary/aromatic N) is 1. The van der Waals surface area contributed by atoms with Crippen molar-refractivity contribution in [2.75, 3.05) is 13.2 Å². The van der Waals surface area contributed by atoms with E-state index in [1.54, 1.807) is 12.1 Å². The van der Waals surface area contributed by atoms with Crippen LogP contribution in [-0.2, 0) is 4.74 Å². The third kappa shape index (κ3) is 3.51. The molecule has 2 unspecified atom stereocenters. The zero-order valence-electron chi connectivity index (χ0n) is 15.6. The minimum atomic E-state index is -0.342. The van der Waals surface area contributed by atoms with Gasteiger partial charge in [0.25, 0.3) is 17.7 Å². The molecule has 2 atom stereocenters. The molecule has 0 aromatic heterocycles. The number of ether oxygens (including phenoxy) is 1. The lowest BCUT2D eigenvalue weighted by atomic mass is 10.0. The van der Waals surface area contributed by atoms with E-state index >= 15 is 0 Å². The molecule has 0 spiro atoms. The molecular weight excluding hydrogens is 332 g/mol. The molecule has 3 amide bonds. The summed E-state index contributed by atoms with van der Waals surface area (Å²) in [6.45, 7) is 7.09. The van der Waals surface area contributed by atoms with Gasteiger partial charge < -0.3 is 10.1 Å². The lowest BCUT2D eigenvalue weighted by Gasteiger charge is -2.20. The SMILES string of the molecule is CCC(NC(=O)c1ccc2c(c1)C(=O)N(CC1CCCO1)C2=O)C(C)C. The van der Waals surface area contributed by atoms with Crippen LogP contribution in [0.5, 0.6) is 0 Å². The highest BCUT2D eigenvalue weighted by atomic mass is 16.5. The monoisotopic (exact) mass is 358 g/mol. The Labute approximate surface area is 153 Å². The summed E-state index contributed by atoms with van der Waals surface area (Å²) in [5.41, 5.74) is 1.07. The van der Waals surface area contributed by atoms with Crippen LogP contribution in [0.3, 0.4) is 0 Å². The number of carbonyl (C=O) groups is 3.